The summed E-state index contributed by atoms with van der Waals surface area (Å²) in [6, 6.07) is 8.42. The first-order chi connectivity index (χ1) is 10.5. The lowest BCUT2D eigenvalue weighted by Crippen LogP contribution is -2.15. The minimum absolute atomic E-state index is 0.168. The molecular weight excluding hydrogens is 288 g/mol. The molecular formula is C16H19F2N3O. The summed E-state index contributed by atoms with van der Waals surface area (Å²) in [6.07, 6.45) is 0.681. The van der Waals surface area contributed by atoms with E-state index in [1.54, 1.807) is 18.2 Å². The first-order valence-electron chi connectivity index (χ1n) is 7.12. The van der Waals surface area contributed by atoms with Gasteiger partial charge in [-0.25, -0.2) is 9.97 Å². The van der Waals surface area contributed by atoms with Gasteiger partial charge in [-0.15, -0.1) is 0 Å². The number of nitrogens with one attached hydrogen (secondary N) is 1. The van der Waals surface area contributed by atoms with Crippen LogP contribution >= 0.6 is 0 Å². The van der Waals surface area contributed by atoms with Crippen molar-refractivity contribution in [3.8, 4) is 5.75 Å². The molecule has 0 aliphatic heterocycles. The Morgan fingerprint density at radius 3 is 2.36 bits per heavy atom. The predicted octanol–water partition coefficient (Wildman–Crippen LogP) is 4.26. The predicted molar refractivity (Wildman–Crippen MR) is 81.2 cm³/mol. The number of hydrogen-bond acceptors (Lipinski definition) is 4. The molecule has 0 aliphatic rings. The number of para-hydroxylation sites is 1. The monoisotopic (exact) mass is 307 g/mol. The smallest absolute Gasteiger partial charge is 0.387 e. The van der Waals surface area contributed by atoms with Gasteiger partial charge < -0.3 is 10.1 Å². The van der Waals surface area contributed by atoms with E-state index in [2.05, 4.69) is 20.0 Å². The highest BCUT2D eigenvalue weighted by molar-refractivity contribution is 5.41. The molecule has 0 saturated heterocycles. The Hall–Kier alpha value is -2.24. The average Bonchev–Trinajstić information content (AvgIpc) is 2.44. The van der Waals surface area contributed by atoms with Gasteiger partial charge >= 0.3 is 6.61 Å². The zero-order chi connectivity index (χ0) is 16.1. The lowest BCUT2D eigenvalue weighted by molar-refractivity contribution is -0.0505. The van der Waals surface area contributed by atoms with Gasteiger partial charge in [0.2, 0.25) is 5.95 Å². The molecule has 0 spiro atoms. The molecule has 1 atom stereocenters. The first-order valence-corrected chi connectivity index (χ1v) is 7.12. The molecule has 118 valence electrons. The molecule has 6 heteroatoms. The van der Waals surface area contributed by atoms with Gasteiger partial charge in [-0.1, -0.05) is 25.1 Å². The van der Waals surface area contributed by atoms with Crippen molar-refractivity contribution in [2.75, 3.05) is 5.32 Å². The molecule has 2 rings (SSSR count). The molecule has 0 saturated carbocycles. The number of nitrogens with zero attached hydrogens (tertiary/aromatic N) is 2. The van der Waals surface area contributed by atoms with Crippen LogP contribution < -0.4 is 10.1 Å². The largest absolute Gasteiger partial charge is 0.434 e. The Labute approximate surface area is 128 Å². The molecule has 0 bridgehead atoms. The van der Waals surface area contributed by atoms with E-state index < -0.39 is 6.61 Å². The molecule has 1 aromatic heterocycles. The number of hydrogen-bond donors (Lipinski definition) is 1. The van der Waals surface area contributed by atoms with Crippen molar-refractivity contribution in [1.29, 1.82) is 0 Å². The zero-order valence-corrected chi connectivity index (χ0v) is 12.8. The lowest BCUT2D eigenvalue weighted by atomic mass is 10.0. The van der Waals surface area contributed by atoms with E-state index in [9.17, 15) is 8.78 Å². The number of alkyl halides is 2. The third-order valence-electron chi connectivity index (χ3n) is 3.20. The molecule has 22 heavy (non-hydrogen) atoms. The summed E-state index contributed by atoms with van der Waals surface area (Å²) in [7, 11) is 0. The summed E-state index contributed by atoms with van der Waals surface area (Å²) < 4.78 is 29.7. The highest BCUT2D eigenvalue weighted by Gasteiger charge is 2.17. The van der Waals surface area contributed by atoms with Crippen LogP contribution in [0.25, 0.3) is 0 Å². The quantitative estimate of drug-likeness (QED) is 0.866. The SMILES string of the molecule is CCC(Nc1nc(C)cc(C)n1)c1ccccc1OC(F)F. The minimum atomic E-state index is -2.85. The standard InChI is InChI=1S/C16H19F2N3O/c1-4-13(21-16-19-10(2)9-11(3)20-16)12-7-5-6-8-14(12)22-15(17)18/h5-9,13,15H,4H2,1-3H3,(H,19,20,21). The first kappa shape index (κ1) is 16.1. The van der Waals surface area contributed by atoms with Crippen LogP contribution in [0.2, 0.25) is 0 Å². The van der Waals surface area contributed by atoms with Gasteiger partial charge in [-0.2, -0.15) is 8.78 Å². The highest BCUT2D eigenvalue weighted by atomic mass is 19.3. The highest BCUT2D eigenvalue weighted by Crippen LogP contribution is 2.30. The van der Waals surface area contributed by atoms with Crippen molar-refractivity contribution in [3.05, 3.63) is 47.3 Å². The number of halogens is 2. The van der Waals surface area contributed by atoms with Gasteiger partial charge in [0.15, 0.2) is 0 Å². The van der Waals surface area contributed by atoms with Crippen LogP contribution in [-0.4, -0.2) is 16.6 Å². The van der Waals surface area contributed by atoms with E-state index in [4.69, 9.17) is 0 Å². The number of rotatable bonds is 6. The van der Waals surface area contributed by atoms with Gasteiger partial charge in [0.1, 0.15) is 5.75 Å². The molecule has 0 fully saturated rings. The van der Waals surface area contributed by atoms with E-state index in [-0.39, 0.29) is 11.8 Å². The van der Waals surface area contributed by atoms with Crippen molar-refractivity contribution in [2.24, 2.45) is 0 Å². The van der Waals surface area contributed by atoms with Crippen LogP contribution in [0, 0.1) is 13.8 Å². The fourth-order valence-electron chi connectivity index (χ4n) is 2.32. The molecule has 2 aromatic rings. The fraction of sp³-hybridized carbons (Fsp3) is 0.375. The average molecular weight is 307 g/mol. The number of ether oxygens (including phenoxy) is 1. The van der Waals surface area contributed by atoms with Crippen molar-refractivity contribution in [3.63, 3.8) is 0 Å². The third-order valence-corrected chi connectivity index (χ3v) is 3.20. The van der Waals surface area contributed by atoms with Gasteiger partial charge in [-0.05, 0) is 32.4 Å². The summed E-state index contributed by atoms with van der Waals surface area (Å²) in [4.78, 5) is 8.65. The van der Waals surface area contributed by atoms with Crippen LogP contribution in [0.5, 0.6) is 5.75 Å². The normalized spacial score (nSPS) is 12.3. The molecule has 1 heterocycles. The van der Waals surface area contributed by atoms with E-state index in [1.807, 2.05) is 26.8 Å². The number of aryl methyl sites for hydroxylation is 2. The van der Waals surface area contributed by atoms with E-state index in [0.29, 0.717) is 17.9 Å². The summed E-state index contributed by atoms with van der Waals surface area (Å²) >= 11 is 0. The van der Waals surface area contributed by atoms with Crippen LogP contribution in [0.15, 0.2) is 30.3 Å². The molecule has 0 aliphatic carbocycles. The van der Waals surface area contributed by atoms with Crippen LogP contribution in [-0.2, 0) is 0 Å². The van der Waals surface area contributed by atoms with Gasteiger partial charge in [0.25, 0.3) is 0 Å². The minimum Gasteiger partial charge on any atom is -0.434 e. The Kier molecular flexibility index (Phi) is 5.25. The van der Waals surface area contributed by atoms with Crippen LogP contribution in [0.3, 0.4) is 0 Å². The van der Waals surface area contributed by atoms with Crippen molar-refractivity contribution in [2.45, 2.75) is 39.8 Å². The van der Waals surface area contributed by atoms with Gasteiger partial charge in [0.05, 0.1) is 6.04 Å². The van der Waals surface area contributed by atoms with Crippen LogP contribution in [0.1, 0.15) is 36.3 Å². The van der Waals surface area contributed by atoms with Gasteiger partial charge in [-0.3, -0.25) is 0 Å². The molecule has 1 aromatic carbocycles. The van der Waals surface area contributed by atoms with E-state index in [1.165, 1.54) is 6.07 Å². The summed E-state index contributed by atoms with van der Waals surface area (Å²) in [5, 5.41) is 3.19. The molecule has 4 nitrogen and oxygen atoms in total. The Balaban J connectivity index is 2.28. The van der Waals surface area contributed by atoms with E-state index >= 15 is 0 Å². The second-order valence-electron chi connectivity index (χ2n) is 5.00. The number of benzene rings is 1. The maximum atomic E-state index is 12.5. The van der Waals surface area contributed by atoms with E-state index in [0.717, 1.165) is 11.4 Å². The van der Waals surface area contributed by atoms with Crippen LogP contribution in [0.4, 0.5) is 14.7 Å². The van der Waals surface area contributed by atoms with Gasteiger partial charge in [0, 0.05) is 17.0 Å². The summed E-state index contributed by atoms with van der Waals surface area (Å²) in [5.74, 6) is 0.650. The number of anilines is 1. The Morgan fingerprint density at radius 1 is 1.14 bits per heavy atom. The Morgan fingerprint density at radius 2 is 1.77 bits per heavy atom. The maximum absolute atomic E-state index is 12.5. The summed E-state index contributed by atoms with van der Waals surface area (Å²) in [6.45, 7) is 2.87. The summed E-state index contributed by atoms with van der Waals surface area (Å²) in [5.41, 5.74) is 2.36. The Bertz CT molecular complexity index is 614. The fourth-order valence-corrected chi connectivity index (χ4v) is 2.32. The molecule has 1 N–H and O–H groups in total. The zero-order valence-electron chi connectivity index (χ0n) is 12.8. The topological polar surface area (TPSA) is 47.0 Å². The second kappa shape index (κ2) is 7.15. The third kappa shape index (κ3) is 4.13. The molecule has 1 unspecified atom stereocenters. The lowest BCUT2D eigenvalue weighted by Gasteiger charge is -2.20. The number of aromatic nitrogens is 2. The van der Waals surface area contributed by atoms with Crippen molar-refractivity contribution in [1.82, 2.24) is 9.97 Å². The molecule has 0 radical (unpaired) electrons. The molecule has 0 amide bonds. The maximum Gasteiger partial charge on any atom is 0.387 e. The van der Waals surface area contributed by atoms with Crippen molar-refractivity contribution < 1.29 is 13.5 Å². The second-order valence-corrected chi connectivity index (χ2v) is 5.00. The van der Waals surface area contributed by atoms with Crippen molar-refractivity contribution >= 4 is 5.95 Å².